The average Bonchev–Trinajstić information content (AvgIpc) is 2.85. The van der Waals surface area contributed by atoms with E-state index in [-0.39, 0.29) is 12.4 Å². The smallest absolute Gasteiger partial charge is 0.0457 e. The van der Waals surface area contributed by atoms with Crippen LogP contribution in [-0.4, -0.2) is 11.5 Å². The van der Waals surface area contributed by atoms with Crippen LogP contribution in [0.1, 0.15) is 24.4 Å². The highest BCUT2D eigenvalue weighted by atomic mass is 35.5. The number of aromatic nitrogens is 1. The molecule has 0 amide bonds. The van der Waals surface area contributed by atoms with E-state index in [0.29, 0.717) is 6.04 Å². The number of H-pyrrole nitrogens is 1. The summed E-state index contributed by atoms with van der Waals surface area (Å²) in [6, 6.07) is 9.07. The first-order valence-corrected chi connectivity index (χ1v) is 5.24. The summed E-state index contributed by atoms with van der Waals surface area (Å²) in [6.45, 7) is 1.16. The van der Waals surface area contributed by atoms with Crippen molar-refractivity contribution in [3.63, 3.8) is 0 Å². The Morgan fingerprint density at radius 2 is 2.07 bits per heavy atom. The Morgan fingerprint density at radius 3 is 2.87 bits per heavy atom. The first-order valence-electron chi connectivity index (χ1n) is 5.24. The van der Waals surface area contributed by atoms with Crippen molar-refractivity contribution in [3.05, 3.63) is 36.0 Å². The van der Waals surface area contributed by atoms with Gasteiger partial charge in [-0.25, -0.2) is 0 Å². The summed E-state index contributed by atoms with van der Waals surface area (Å²) >= 11 is 0. The number of hydrogen-bond donors (Lipinski definition) is 2. The average molecular weight is 223 g/mol. The van der Waals surface area contributed by atoms with Crippen molar-refractivity contribution in [3.8, 4) is 0 Å². The van der Waals surface area contributed by atoms with Crippen molar-refractivity contribution in [2.75, 3.05) is 6.54 Å². The molecule has 1 aliphatic heterocycles. The van der Waals surface area contributed by atoms with Gasteiger partial charge in [0.1, 0.15) is 0 Å². The minimum Gasteiger partial charge on any atom is -0.361 e. The number of fused-ring (bicyclic) bond motifs is 1. The van der Waals surface area contributed by atoms with Crippen molar-refractivity contribution in [2.45, 2.75) is 18.9 Å². The van der Waals surface area contributed by atoms with E-state index in [0.717, 1.165) is 6.54 Å². The predicted molar refractivity (Wildman–Crippen MR) is 65.5 cm³/mol. The second-order valence-corrected chi connectivity index (χ2v) is 3.94. The monoisotopic (exact) mass is 222 g/mol. The second-order valence-electron chi connectivity index (χ2n) is 3.94. The number of rotatable bonds is 1. The molecule has 1 saturated heterocycles. The number of nitrogens with one attached hydrogen (secondary N) is 2. The molecule has 0 radical (unpaired) electrons. The van der Waals surface area contributed by atoms with Crippen LogP contribution in [0.4, 0.5) is 0 Å². The van der Waals surface area contributed by atoms with E-state index >= 15 is 0 Å². The van der Waals surface area contributed by atoms with Gasteiger partial charge in [0.25, 0.3) is 0 Å². The third kappa shape index (κ3) is 1.75. The molecule has 2 N–H and O–H groups in total. The summed E-state index contributed by atoms with van der Waals surface area (Å²) in [6.07, 6.45) is 4.71. The molecule has 3 heteroatoms. The number of benzene rings is 1. The van der Waals surface area contributed by atoms with Crippen LogP contribution in [-0.2, 0) is 0 Å². The molecule has 2 nitrogen and oxygen atoms in total. The van der Waals surface area contributed by atoms with E-state index in [2.05, 4.69) is 40.8 Å². The van der Waals surface area contributed by atoms with Gasteiger partial charge in [0.05, 0.1) is 0 Å². The third-order valence-corrected chi connectivity index (χ3v) is 3.06. The molecule has 0 bridgehead atoms. The van der Waals surface area contributed by atoms with Crippen LogP contribution in [0, 0.1) is 0 Å². The molecule has 1 aromatic carbocycles. The molecular formula is C12H15ClN2. The highest BCUT2D eigenvalue weighted by molar-refractivity contribution is 5.85. The van der Waals surface area contributed by atoms with Gasteiger partial charge >= 0.3 is 0 Å². The lowest BCUT2D eigenvalue weighted by Crippen LogP contribution is -2.12. The molecule has 1 aliphatic rings. The van der Waals surface area contributed by atoms with Gasteiger partial charge in [-0.15, -0.1) is 12.4 Å². The lowest BCUT2D eigenvalue weighted by Gasteiger charge is -2.07. The van der Waals surface area contributed by atoms with Gasteiger partial charge in [-0.05, 0) is 31.0 Å². The first-order chi connectivity index (χ1) is 6.95. The molecule has 80 valence electrons. The predicted octanol–water partition coefficient (Wildman–Crippen LogP) is 3.01. The minimum atomic E-state index is 0. The SMILES string of the molecule is Cl.c1ccc2c(C3CCCN3)c[nH]c2c1. The molecule has 0 saturated carbocycles. The molecule has 0 aliphatic carbocycles. The van der Waals surface area contributed by atoms with Crippen LogP contribution in [0.25, 0.3) is 10.9 Å². The highest BCUT2D eigenvalue weighted by Crippen LogP contribution is 2.29. The molecule has 2 aromatic rings. The maximum Gasteiger partial charge on any atom is 0.0457 e. The zero-order chi connectivity index (χ0) is 9.38. The molecule has 2 heterocycles. The van der Waals surface area contributed by atoms with Gasteiger partial charge in [0, 0.05) is 23.1 Å². The molecule has 0 spiro atoms. The number of halogens is 1. The number of aromatic amines is 1. The largest absolute Gasteiger partial charge is 0.361 e. The van der Waals surface area contributed by atoms with E-state index in [1.165, 1.54) is 29.3 Å². The van der Waals surface area contributed by atoms with Crippen molar-refractivity contribution in [1.82, 2.24) is 10.3 Å². The fourth-order valence-electron chi connectivity index (χ4n) is 2.33. The third-order valence-electron chi connectivity index (χ3n) is 3.06. The van der Waals surface area contributed by atoms with Crippen LogP contribution in [0.5, 0.6) is 0 Å². The van der Waals surface area contributed by atoms with Gasteiger partial charge in [0.15, 0.2) is 0 Å². The van der Waals surface area contributed by atoms with Gasteiger partial charge in [0.2, 0.25) is 0 Å². The van der Waals surface area contributed by atoms with E-state index in [1.54, 1.807) is 0 Å². The van der Waals surface area contributed by atoms with Crippen LogP contribution in [0.3, 0.4) is 0 Å². The van der Waals surface area contributed by atoms with Gasteiger partial charge in [-0.2, -0.15) is 0 Å². The van der Waals surface area contributed by atoms with E-state index < -0.39 is 0 Å². The molecule has 1 atom stereocenters. The zero-order valence-corrected chi connectivity index (χ0v) is 9.31. The fourth-order valence-corrected chi connectivity index (χ4v) is 2.33. The quantitative estimate of drug-likeness (QED) is 0.763. The Labute approximate surface area is 95.5 Å². The lowest BCUT2D eigenvalue weighted by atomic mass is 10.0. The van der Waals surface area contributed by atoms with Gasteiger partial charge < -0.3 is 10.3 Å². The summed E-state index contributed by atoms with van der Waals surface area (Å²) < 4.78 is 0. The minimum absolute atomic E-state index is 0. The normalized spacial score (nSPS) is 20.4. The maximum absolute atomic E-state index is 3.53. The van der Waals surface area contributed by atoms with Crippen molar-refractivity contribution in [2.24, 2.45) is 0 Å². The summed E-state index contributed by atoms with van der Waals surface area (Å²) in [5.74, 6) is 0. The van der Waals surface area contributed by atoms with Crippen LogP contribution >= 0.6 is 12.4 Å². The summed E-state index contributed by atoms with van der Waals surface area (Å²) in [5, 5.41) is 4.90. The second kappa shape index (κ2) is 4.25. The molecule has 1 unspecified atom stereocenters. The lowest BCUT2D eigenvalue weighted by molar-refractivity contribution is 0.652. The van der Waals surface area contributed by atoms with E-state index in [9.17, 15) is 0 Å². The standard InChI is InChI=1S/C12H14N2.ClH/c1-2-5-11-9(4-1)10(8-14-11)12-6-3-7-13-12;/h1-2,4-5,8,12-14H,3,6-7H2;1H. The van der Waals surface area contributed by atoms with Gasteiger partial charge in [-0.3, -0.25) is 0 Å². The topological polar surface area (TPSA) is 27.8 Å². The summed E-state index contributed by atoms with van der Waals surface area (Å²) in [7, 11) is 0. The Balaban J connectivity index is 0.000000853. The Kier molecular flexibility index (Phi) is 2.98. The molecule has 1 fully saturated rings. The zero-order valence-electron chi connectivity index (χ0n) is 8.49. The molecular weight excluding hydrogens is 208 g/mol. The molecule has 3 rings (SSSR count). The molecule has 15 heavy (non-hydrogen) atoms. The number of para-hydroxylation sites is 1. The Hall–Kier alpha value is -0.990. The van der Waals surface area contributed by atoms with Crippen LogP contribution in [0.2, 0.25) is 0 Å². The van der Waals surface area contributed by atoms with Crippen molar-refractivity contribution >= 4 is 23.3 Å². The molecule has 1 aromatic heterocycles. The Bertz CT molecular complexity index is 444. The highest BCUT2D eigenvalue weighted by Gasteiger charge is 2.18. The Morgan fingerprint density at radius 1 is 1.20 bits per heavy atom. The summed E-state index contributed by atoms with van der Waals surface area (Å²) in [4.78, 5) is 3.33. The maximum atomic E-state index is 3.53. The fraction of sp³-hybridized carbons (Fsp3) is 0.333. The van der Waals surface area contributed by atoms with Crippen molar-refractivity contribution < 1.29 is 0 Å². The van der Waals surface area contributed by atoms with Crippen LogP contribution < -0.4 is 5.32 Å². The van der Waals surface area contributed by atoms with Gasteiger partial charge in [-0.1, -0.05) is 18.2 Å². The van der Waals surface area contributed by atoms with E-state index in [1.807, 2.05) is 0 Å². The summed E-state index contributed by atoms with van der Waals surface area (Å²) in [5.41, 5.74) is 2.68. The van der Waals surface area contributed by atoms with Crippen LogP contribution in [0.15, 0.2) is 30.5 Å². The van der Waals surface area contributed by atoms with E-state index in [4.69, 9.17) is 0 Å². The first kappa shape index (κ1) is 10.5. The number of hydrogen-bond acceptors (Lipinski definition) is 1. The van der Waals surface area contributed by atoms with Crippen molar-refractivity contribution in [1.29, 1.82) is 0 Å².